The molecule has 2 fully saturated rings. The van der Waals surface area contributed by atoms with E-state index >= 15 is 0 Å². The minimum absolute atomic E-state index is 0.213. The Morgan fingerprint density at radius 2 is 2.38 bits per heavy atom. The number of piperidine rings is 1. The molecule has 0 unspecified atom stereocenters. The van der Waals surface area contributed by atoms with E-state index < -0.39 is 0 Å². The van der Waals surface area contributed by atoms with E-state index in [0.29, 0.717) is 5.75 Å². The molecular weight excluding hydrogens is 342 g/mol. The van der Waals surface area contributed by atoms with Crippen molar-refractivity contribution in [2.75, 3.05) is 32.1 Å². The highest BCUT2D eigenvalue weighted by molar-refractivity contribution is 8.00. The zero-order valence-electron chi connectivity index (χ0n) is 13.8. The molecule has 0 radical (unpaired) electrons. The molecule has 4 rings (SSSR count). The molecule has 2 aliphatic rings. The fourth-order valence-corrected chi connectivity index (χ4v) is 5.47. The first-order chi connectivity index (χ1) is 11.7. The van der Waals surface area contributed by atoms with Gasteiger partial charge in [0.2, 0.25) is 5.91 Å². The number of thioether (sulfide) groups is 1. The van der Waals surface area contributed by atoms with Gasteiger partial charge < -0.3 is 9.64 Å². The molecule has 24 heavy (non-hydrogen) atoms. The van der Waals surface area contributed by atoms with Crippen LogP contribution in [0.1, 0.15) is 24.1 Å². The molecule has 128 valence electrons. The van der Waals surface area contributed by atoms with E-state index in [1.807, 2.05) is 4.90 Å². The maximum absolute atomic E-state index is 12.7. The zero-order valence-corrected chi connectivity index (χ0v) is 15.4. The van der Waals surface area contributed by atoms with Gasteiger partial charge >= 0.3 is 0 Å². The lowest BCUT2D eigenvalue weighted by Gasteiger charge is -2.39. The molecule has 0 aromatic carbocycles. The molecule has 0 N–H and O–H groups in total. The Hall–Kier alpha value is -1.18. The molecule has 2 aliphatic heterocycles. The monoisotopic (exact) mass is 363 g/mol. The van der Waals surface area contributed by atoms with E-state index in [1.165, 1.54) is 23.1 Å². The third-order valence-electron chi connectivity index (χ3n) is 4.95. The van der Waals surface area contributed by atoms with E-state index in [2.05, 4.69) is 23.0 Å². The molecule has 2 aromatic rings. The lowest BCUT2D eigenvalue weighted by molar-refractivity contribution is -0.131. The Labute approximate surface area is 149 Å². The highest BCUT2D eigenvalue weighted by atomic mass is 32.2. The summed E-state index contributed by atoms with van der Waals surface area (Å²) >= 11 is 3.20. The molecule has 7 heteroatoms. The molecule has 0 bridgehead atoms. The fraction of sp³-hybridized carbons (Fsp3) is 0.588. The Morgan fingerprint density at radius 3 is 3.21 bits per heavy atom. The Bertz CT molecular complexity index is 755. The molecule has 2 saturated heterocycles. The first-order valence-electron chi connectivity index (χ1n) is 8.35. The summed E-state index contributed by atoms with van der Waals surface area (Å²) in [6.45, 7) is 5.45. The van der Waals surface area contributed by atoms with Crippen LogP contribution in [0.2, 0.25) is 0 Å². The van der Waals surface area contributed by atoms with Crippen molar-refractivity contribution in [3.8, 4) is 0 Å². The number of amides is 1. The largest absolute Gasteiger partial charge is 0.381 e. The summed E-state index contributed by atoms with van der Waals surface area (Å²) in [5.41, 5.74) is 0.214. The summed E-state index contributed by atoms with van der Waals surface area (Å²) in [6.07, 6.45) is 4.95. The van der Waals surface area contributed by atoms with Gasteiger partial charge in [0.25, 0.3) is 0 Å². The number of hydrogen-bond acceptors (Lipinski definition) is 6. The number of rotatable bonds is 3. The minimum atomic E-state index is 0.213. The number of carbonyl (C=O) groups excluding carboxylic acids is 1. The second-order valence-electron chi connectivity index (χ2n) is 6.76. The van der Waals surface area contributed by atoms with Gasteiger partial charge in [-0.25, -0.2) is 9.97 Å². The van der Waals surface area contributed by atoms with Crippen molar-refractivity contribution < 1.29 is 9.53 Å². The van der Waals surface area contributed by atoms with Crippen LogP contribution in [-0.4, -0.2) is 52.8 Å². The first kappa shape index (κ1) is 16.3. The molecule has 1 amide bonds. The van der Waals surface area contributed by atoms with Gasteiger partial charge in [-0.15, -0.1) is 11.3 Å². The van der Waals surface area contributed by atoms with E-state index in [-0.39, 0.29) is 11.3 Å². The SMILES string of the molecule is Cc1cc2c(SCC(=O)N3CCC[C@]4(CCOC4)C3)ncnc2s1. The van der Waals surface area contributed by atoms with E-state index in [1.54, 1.807) is 17.7 Å². The average Bonchev–Trinajstić information content (AvgIpc) is 3.18. The predicted octanol–water partition coefficient (Wildman–Crippen LogP) is 3.12. The molecule has 5 nitrogen and oxygen atoms in total. The molecule has 2 aromatic heterocycles. The van der Waals surface area contributed by atoms with E-state index in [9.17, 15) is 4.79 Å². The van der Waals surface area contributed by atoms with Crippen LogP contribution in [-0.2, 0) is 9.53 Å². The third-order valence-corrected chi connectivity index (χ3v) is 6.90. The van der Waals surface area contributed by atoms with Gasteiger partial charge in [0.15, 0.2) is 0 Å². The Morgan fingerprint density at radius 1 is 1.46 bits per heavy atom. The second kappa shape index (κ2) is 6.61. The van der Waals surface area contributed by atoms with Gasteiger partial charge in [-0.3, -0.25) is 4.79 Å². The summed E-state index contributed by atoms with van der Waals surface area (Å²) in [4.78, 5) is 25.6. The van der Waals surface area contributed by atoms with Gasteiger partial charge in [0.1, 0.15) is 16.2 Å². The van der Waals surface area contributed by atoms with Gasteiger partial charge in [0, 0.05) is 35.4 Å². The lowest BCUT2D eigenvalue weighted by Crippen LogP contribution is -2.47. The number of aromatic nitrogens is 2. The highest BCUT2D eigenvalue weighted by Gasteiger charge is 2.40. The smallest absolute Gasteiger partial charge is 0.233 e. The summed E-state index contributed by atoms with van der Waals surface area (Å²) in [6, 6.07) is 2.11. The minimum Gasteiger partial charge on any atom is -0.381 e. The number of aryl methyl sites for hydroxylation is 1. The number of likely N-dealkylation sites (tertiary alicyclic amines) is 1. The number of fused-ring (bicyclic) bond motifs is 1. The van der Waals surface area contributed by atoms with Crippen LogP contribution in [0.3, 0.4) is 0 Å². The molecule has 0 saturated carbocycles. The number of nitrogens with zero attached hydrogens (tertiary/aromatic N) is 3. The lowest BCUT2D eigenvalue weighted by atomic mass is 9.79. The van der Waals surface area contributed by atoms with Crippen LogP contribution >= 0.6 is 23.1 Å². The van der Waals surface area contributed by atoms with Crippen LogP contribution in [0.25, 0.3) is 10.2 Å². The summed E-state index contributed by atoms with van der Waals surface area (Å²) in [5, 5.41) is 1.98. The number of ether oxygens (including phenoxy) is 1. The van der Waals surface area contributed by atoms with Crippen molar-refractivity contribution in [2.45, 2.75) is 31.2 Å². The van der Waals surface area contributed by atoms with Crippen LogP contribution in [0, 0.1) is 12.3 Å². The van der Waals surface area contributed by atoms with Crippen molar-refractivity contribution in [2.24, 2.45) is 5.41 Å². The Balaban J connectivity index is 1.42. The Kier molecular flexibility index (Phi) is 4.49. The van der Waals surface area contributed by atoms with Crippen molar-refractivity contribution in [1.29, 1.82) is 0 Å². The molecule has 1 atom stereocenters. The summed E-state index contributed by atoms with van der Waals surface area (Å²) in [5.74, 6) is 0.655. The van der Waals surface area contributed by atoms with E-state index in [0.717, 1.165) is 54.4 Å². The van der Waals surface area contributed by atoms with Gasteiger partial charge in [0.05, 0.1) is 12.4 Å². The van der Waals surface area contributed by atoms with Crippen molar-refractivity contribution >= 4 is 39.2 Å². The summed E-state index contributed by atoms with van der Waals surface area (Å²) < 4.78 is 5.59. The van der Waals surface area contributed by atoms with Crippen molar-refractivity contribution in [3.63, 3.8) is 0 Å². The van der Waals surface area contributed by atoms with Crippen molar-refractivity contribution in [3.05, 3.63) is 17.3 Å². The zero-order chi connectivity index (χ0) is 16.6. The quantitative estimate of drug-likeness (QED) is 0.619. The standard InChI is InChI=1S/C17H21N3O2S2/c1-12-7-13-15(18-11-19-16(13)24-12)23-8-14(21)20-5-2-3-17(9-20)4-6-22-10-17/h7,11H,2-6,8-10H2,1H3/t17-/m0/s1. The molecule has 4 heterocycles. The highest BCUT2D eigenvalue weighted by Crippen LogP contribution is 2.38. The molecular formula is C17H21N3O2S2. The number of carbonyl (C=O) groups is 1. The van der Waals surface area contributed by atoms with Crippen molar-refractivity contribution in [1.82, 2.24) is 14.9 Å². The summed E-state index contributed by atoms with van der Waals surface area (Å²) in [7, 11) is 0. The number of hydrogen-bond donors (Lipinski definition) is 0. The van der Waals surface area contributed by atoms with Gasteiger partial charge in [-0.1, -0.05) is 11.8 Å². The van der Waals surface area contributed by atoms with Crippen LogP contribution < -0.4 is 0 Å². The van der Waals surface area contributed by atoms with Gasteiger partial charge in [-0.05, 0) is 32.3 Å². The van der Waals surface area contributed by atoms with Crippen LogP contribution in [0.5, 0.6) is 0 Å². The second-order valence-corrected chi connectivity index (χ2v) is 8.96. The topological polar surface area (TPSA) is 55.3 Å². The predicted molar refractivity (Wildman–Crippen MR) is 96.6 cm³/mol. The van der Waals surface area contributed by atoms with Crippen LogP contribution in [0.4, 0.5) is 0 Å². The normalized spacial score (nSPS) is 24.1. The molecule has 0 aliphatic carbocycles. The maximum atomic E-state index is 12.7. The van der Waals surface area contributed by atoms with Gasteiger partial charge in [-0.2, -0.15) is 0 Å². The number of thiophene rings is 1. The van der Waals surface area contributed by atoms with E-state index in [4.69, 9.17) is 4.74 Å². The van der Waals surface area contributed by atoms with Crippen LogP contribution in [0.15, 0.2) is 17.4 Å². The third kappa shape index (κ3) is 3.17. The average molecular weight is 364 g/mol. The molecule has 1 spiro atoms. The fourth-order valence-electron chi connectivity index (χ4n) is 3.68. The maximum Gasteiger partial charge on any atom is 0.233 e. The first-order valence-corrected chi connectivity index (χ1v) is 10.1.